The van der Waals surface area contributed by atoms with Crippen LogP contribution in [0.5, 0.6) is 0 Å². The smallest absolute Gasteiger partial charge is 0.110 e. The maximum absolute atomic E-state index is 8.90. The van der Waals surface area contributed by atoms with Crippen molar-refractivity contribution in [3.05, 3.63) is 113 Å². The van der Waals surface area contributed by atoms with Gasteiger partial charge in [0.1, 0.15) is 5.82 Å². The Morgan fingerprint density at radius 1 is 0.862 bits per heavy atom. The number of imidazole rings is 1. The molecule has 1 aromatic heterocycles. The monoisotopic (exact) mass is 378 g/mol. The Hall–Kier alpha value is -3.68. The average Bonchev–Trinajstić information content (AvgIpc) is 3.21. The van der Waals surface area contributed by atoms with Gasteiger partial charge in [0.25, 0.3) is 0 Å². The minimum atomic E-state index is 0.534. The first-order valence-electron chi connectivity index (χ1n) is 9.64. The molecular weight excluding hydrogens is 356 g/mol. The van der Waals surface area contributed by atoms with E-state index < -0.39 is 0 Å². The Morgan fingerprint density at radius 2 is 1.55 bits per heavy atom. The van der Waals surface area contributed by atoms with Gasteiger partial charge in [0, 0.05) is 31.3 Å². The number of nitriles is 1. The van der Waals surface area contributed by atoms with Crippen LogP contribution >= 0.6 is 0 Å². The van der Waals surface area contributed by atoms with Crippen molar-refractivity contribution in [3.8, 4) is 17.2 Å². The molecule has 0 aliphatic heterocycles. The summed E-state index contributed by atoms with van der Waals surface area (Å²) >= 11 is 0. The van der Waals surface area contributed by atoms with Crippen molar-refractivity contribution in [1.82, 2.24) is 9.97 Å². The van der Waals surface area contributed by atoms with Crippen LogP contribution in [0.1, 0.15) is 33.8 Å². The highest BCUT2D eigenvalue weighted by Crippen LogP contribution is 2.24. The molecule has 0 spiro atoms. The number of nitrogens with two attached hydrogens (primary N) is 1. The molecule has 29 heavy (non-hydrogen) atoms. The summed E-state index contributed by atoms with van der Waals surface area (Å²) in [5.74, 6) is 0.948. The number of nitrogens with one attached hydrogen (secondary N) is 1. The van der Waals surface area contributed by atoms with Crippen LogP contribution in [0, 0.1) is 11.3 Å². The van der Waals surface area contributed by atoms with Gasteiger partial charge in [0.15, 0.2) is 0 Å². The van der Waals surface area contributed by atoms with Gasteiger partial charge in [-0.3, -0.25) is 0 Å². The molecule has 3 N–H and O–H groups in total. The van der Waals surface area contributed by atoms with E-state index in [4.69, 9.17) is 11.0 Å². The number of H-pyrrole nitrogens is 1. The maximum Gasteiger partial charge on any atom is 0.110 e. The Kier molecular flexibility index (Phi) is 5.51. The molecule has 0 amide bonds. The second-order valence-corrected chi connectivity index (χ2v) is 7.08. The van der Waals surface area contributed by atoms with Crippen LogP contribution in [-0.4, -0.2) is 9.97 Å². The van der Waals surface area contributed by atoms with Gasteiger partial charge in [-0.15, -0.1) is 0 Å². The van der Waals surface area contributed by atoms with E-state index in [1.54, 1.807) is 0 Å². The molecule has 4 rings (SSSR count). The van der Waals surface area contributed by atoms with Crippen molar-refractivity contribution in [3.63, 3.8) is 0 Å². The molecule has 0 radical (unpaired) electrons. The molecule has 3 aromatic carbocycles. The fourth-order valence-corrected chi connectivity index (χ4v) is 3.48. The average molecular weight is 378 g/mol. The summed E-state index contributed by atoms with van der Waals surface area (Å²) < 4.78 is 0. The summed E-state index contributed by atoms with van der Waals surface area (Å²) in [6.45, 7) is 0.534. The topological polar surface area (TPSA) is 78.5 Å². The van der Waals surface area contributed by atoms with E-state index in [-0.39, 0.29) is 0 Å². The molecule has 1 heterocycles. The van der Waals surface area contributed by atoms with Gasteiger partial charge >= 0.3 is 0 Å². The lowest BCUT2D eigenvalue weighted by Crippen LogP contribution is -1.98. The molecule has 0 saturated carbocycles. The number of aromatic nitrogens is 2. The van der Waals surface area contributed by atoms with Crippen LogP contribution in [-0.2, 0) is 19.4 Å². The predicted octanol–water partition coefficient (Wildman–Crippen LogP) is 4.59. The SMILES string of the molecule is N#Cc1ccc(Cc2cnc(Cc3ccc(-c4ccccc4CN)cc3)[nH]2)cc1. The Bertz CT molecular complexity index is 1130. The highest BCUT2D eigenvalue weighted by molar-refractivity contribution is 5.67. The largest absolute Gasteiger partial charge is 0.345 e. The van der Waals surface area contributed by atoms with Crippen molar-refractivity contribution in [2.45, 2.75) is 19.4 Å². The van der Waals surface area contributed by atoms with Crippen LogP contribution in [0.15, 0.2) is 79.0 Å². The summed E-state index contributed by atoms with van der Waals surface area (Å²) in [4.78, 5) is 7.94. The molecule has 4 nitrogen and oxygen atoms in total. The molecule has 0 saturated heterocycles. The van der Waals surface area contributed by atoms with E-state index >= 15 is 0 Å². The minimum Gasteiger partial charge on any atom is -0.345 e. The minimum absolute atomic E-state index is 0.534. The summed E-state index contributed by atoms with van der Waals surface area (Å²) in [5.41, 5.74) is 13.5. The lowest BCUT2D eigenvalue weighted by molar-refractivity contribution is 1.000. The summed E-state index contributed by atoms with van der Waals surface area (Å²) in [7, 11) is 0. The van der Waals surface area contributed by atoms with E-state index in [1.165, 1.54) is 16.7 Å². The molecule has 0 aliphatic rings. The third-order valence-corrected chi connectivity index (χ3v) is 5.03. The van der Waals surface area contributed by atoms with Crippen LogP contribution in [0.3, 0.4) is 0 Å². The van der Waals surface area contributed by atoms with Crippen LogP contribution in [0.4, 0.5) is 0 Å². The highest BCUT2D eigenvalue weighted by atomic mass is 14.9. The quantitative estimate of drug-likeness (QED) is 0.515. The molecule has 142 valence electrons. The van der Waals surface area contributed by atoms with Crippen molar-refractivity contribution < 1.29 is 0 Å². The number of aromatic amines is 1. The molecule has 4 heteroatoms. The lowest BCUT2D eigenvalue weighted by Gasteiger charge is -2.08. The fraction of sp³-hybridized carbons (Fsp3) is 0.120. The molecule has 0 atom stereocenters. The maximum atomic E-state index is 8.90. The summed E-state index contributed by atoms with van der Waals surface area (Å²) in [6.07, 6.45) is 3.42. The first-order chi connectivity index (χ1) is 14.2. The van der Waals surface area contributed by atoms with E-state index in [2.05, 4.69) is 52.4 Å². The van der Waals surface area contributed by atoms with Gasteiger partial charge in [-0.2, -0.15) is 5.26 Å². The molecule has 0 aliphatic carbocycles. The van der Waals surface area contributed by atoms with Crippen LogP contribution in [0.2, 0.25) is 0 Å². The van der Waals surface area contributed by atoms with Gasteiger partial charge in [-0.1, -0.05) is 60.7 Å². The van der Waals surface area contributed by atoms with Crippen molar-refractivity contribution in [2.75, 3.05) is 0 Å². The Balaban J connectivity index is 1.44. The van der Waals surface area contributed by atoms with Gasteiger partial charge < -0.3 is 10.7 Å². The number of hydrogen-bond acceptors (Lipinski definition) is 3. The summed E-state index contributed by atoms with van der Waals surface area (Å²) in [6, 6.07) is 26.6. The normalized spacial score (nSPS) is 10.6. The first-order valence-corrected chi connectivity index (χ1v) is 9.64. The molecular formula is C25H22N4. The molecule has 0 unspecified atom stereocenters. The number of benzene rings is 3. The Morgan fingerprint density at radius 3 is 2.28 bits per heavy atom. The first kappa shape index (κ1) is 18.7. The van der Waals surface area contributed by atoms with Gasteiger partial charge in [-0.05, 0) is 39.9 Å². The van der Waals surface area contributed by atoms with E-state index in [0.29, 0.717) is 12.1 Å². The zero-order valence-electron chi connectivity index (χ0n) is 16.1. The van der Waals surface area contributed by atoms with Gasteiger partial charge in [-0.25, -0.2) is 4.98 Å². The number of nitrogens with zero attached hydrogens (tertiary/aromatic N) is 2. The third-order valence-electron chi connectivity index (χ3n) is 5.03. The lowest BCUT2D eigenvalue weighted by atomic mass is 9.98. The van der Waals surface area contributed by atoms with Crippen molar-refractivity contribution in [2.24, 2.45) is 5.73 Å². The van der Waals surface area contributed by atoms with Crippen LogP contribution in [0.25, 0.3) is 11.1 Å². The Labute approximate surface area is 170 Å². The second-order valence-electron chi connectivity index (χ2n) is 7.08. The highest BCUT2D eigenvalue weighted by Gasteiger charge is 2.06. The van der Waals surface area contributed by atoms with E-state index in [0.717, 1.165) is 35.5 Å². The predicted molar refractivity (Wildman–Crippen MR) is 115 cm³/mol. The molecule has 0 fully saturated rings. The zero-order chi connectivity index (χ0) is 20.1. The van der Waals surface area contributed by atoms with E-state index in [1.807, 2.05) is 42.6 Å². The number of hydrogen-bond donors (Lipinski definition) is 2. The fourth-order valence-electron chi connectivity index (χ4n) is 3.48. The summed E-state index contributed by atoms with van der Waals surface area (Å²) in [5, 5.41) is 8.90. The van der Waals surface area contributed by atoms with Crippen LogP contribution < -0.4 is 5.73 Å². The number of rotatable bonds is 6. The van der Waals surface area contributed by atoms with E-state index in [9.17, 15) is 0 Å². The molecule has 4 aromatic rings. The zero-order valence-corrected chi connectivity index (χ0v) is 16.1. The van der Waals surface area contributed by atoms with Crippen molar-refractivity contribution >= 4 is 0 Å². The van der Waals surface area contributed by atoms with Crippen molar-refractivity contribution in [1.29, 1.82) is 5.26 Å². The van der Waals surface area contributed by atoms with Gasteiger partial charge in [0.2, 0.25) is 0 Å². The van der Waals surface area contributed by atoms with Gasteiger partial charge in [0.05, 0.1) is 11.6 Å². The third kappa shape index (κ3) is 4.43. The molecule has 0 bridgehead atoms. The standard InChI is InChI=1S/C25H22N4/c26-15-20-7-5-18(6-8-20)13-23-17-28-25(29-23)14-19-9-11-21(12-10-19)24-4-2-1-3-22(24)16-27/h1-12,17H,13-14,16,27H2,(H,28,29). The second kappa shape index (κ2) is 8.55.